The number of nitrogens with zero attached hydrogens (tertiary/aromatic N) is 3. The highest BCUT2D eigenvalue weighted by molar-refractivity contribution is 8.14. The lowest BCUT2D eigenvalue weighted by atomic mass is 10.1. The van der Waals surface area contributed by atoms with E-state index in [-0.39, 0.29) is 36.2 Å². The first-order valence-electron chi connectivity index (χ1n) is 11.3. The average molecular weight is 481 g/mol. The fourth-order valence-electron chi connectivity index (χ4n) is 3.79. The third-order valence-electron chi connectivity index (χ3n) is 5.60. The number of carbonyl (C=O) groups excluding carboxylic acids is 3. The number of thioether (sulfide) groups is 1. The SMILES string of the molecule is CCCCNC(=O)CCC1C(=O)N=C2c3ccccc3N=C(SCC(=O)c3ccc(F)cc3)N21. The topological polar surface area (TPSA) is 91.2 Å². The highest BCUT2D eigenvalue weighted by Crippen LogP contribution is 2.35. The number of halogens is 1. The van der Waals surface area contributed by atoms with Gasteiger partial charge in [0.25, 0.3) is 5.91 Å². The van der Waals surface area contributed by atoms with Crippen molar-refractivity contribution in [2.45, 2.75) is 38.6 Å². The summed E-state index contributed by atoms with van der Waals surface area (Å²) in [6, 6.07) is 12.1. The zero-order valence-corrected chi connectivity index (χ0v) is 19.6. The van der Waals surface area contributed by atoms with Crippen molar-refractivity contribution >= 4 is 46.1 Å². The molecule has 2 aromatic rings. The van der Waals surface area contributed by atoms with Gasteiger partial charge in [-0.1, -0.05) is 37.2 Å². The van der Waals surface area contributed by atoms with Crippen LogP contribution in [-0.2, 0) is 9.59 Å². The number of aliphatic imine (C=N–C) groups is 2. The van der Waals surface area contributed by atoms with Crippen molar-refractivity contribution in [1.82, 2.24) is 10.2 Å². The third-order valence-corrected chi connectivity index (χ3v) is 6.56. The molecule has 0 aliphatic carbocycles. The summed E-state index contributed by atoms with van der Waals surface area (Å²) in [5, 5.41) is 3.35. The predicted molar refractivity (Wildman–Crippen MR) is 131 cm³/mol. The molecule has 0 saturated heterocycles. The number of ketones is 1. The fraction of sp³-hybridized carbons (Fsp3) is 0.320. The van der Waals surface area contributed by atoms with Crippen LogP contribution in [0.1, 0.15) is 48.5 Å². The van der Waals surface area contributed by atoms with Gasteiger partial charge in [-0.15, -0.1) is 0 Å². The Bertz CT molecular complexity index is 1160. The summed E-state index contributed by atoms with van der Waals surface area (Å²) in [5.74, 6) is -0.466. The Morgan fingerprint density at radius 3 is 2.65 bits per heavy atom. The average Bonchev–Trinajstić information content (AvgIpc) is 3.18. The van der Waals surface area contributed by atoms with Crippen LogP contribution in [0.5, 0.6) is 0 Å². The van der Waals surface area contributed by atoms with Gasteiger partial charge in [0.1, 0.15) is 17.7 Å². The molecule has 176 valence electrons. The van der Waals surface area contributed by atoms with Crippen LogP contribution in [0.4, 0.5) is 10.1 Å². The highest BCUT2D eigenvalue weighted by Gasteiger charge is 2.41. The summed E-state index contributed by atoms with van der Waals surface area (Å²) in [5.41, 5.74) is 1.80. The van der Waals surface area contributed by atoms with Crippen molar-refractivity contribution < 1.29 is 18.8 Å². The maximum absolute atomic E-state index is 13.2. The lowest BCUT2D eigenvalue weighted by Gasteiger charge is -2.31. The minimum Gasteiger partial charge on any atom is -0.356 e. The Balaban J connectivity index is 1.52. The molecule has 34 heavy (non-hydrogen) atoms. The normalized spacial score (nSPS) is 16.5. The van der Waals surface area contributed by atoms with E-state index in [2.05, 4.69) is 17.2 Å². The Kier molecular flexibility index (Phi) is 7.52. The number of unbranched alkanes of at least 4 members (excludes halogenated alkanes) is 1. The standard InChI is InChI=1S/C25H25FN4O3S/c1-2-3-14-27-22(32)13-12-20-24(33)29-23-18-6-4-5-7-19(18)28-25(30(20)23)34-15-21(31)16-8-10-17(26)11-9-16/h4-11,20H,2-3,12-15H2,1H3,(H,27,32). The zero-order valence-electron chi connectivity index (χ0n) is 18.8. The summed E-state index contributed by atoms with van der Waals surface area (Å²) in [6.07, 6.45) is 2.37. The molecule has 9 heteroatoms. The number of Topliss-reactive ketones (excluding diaryl/α,β-unsaturated/α-hetero) is 1. The van der Waals surface area contributed by atoms with Gasteiger partial charge in [0.2, 0.25) is 5.91 Å². The second-order valence-electron chi connectivity index (χ2n) is 8.03. The zero-order chi connectivity index (χ0) is 24.1. The molecule has 0 spiro atoms. The van der Waals surface area contributed by atoms with Gasteiger partial charge in [0.05, 0.1) is 11.4 Å². The summed E-state index contributed by atoms with van der Waals surface area (Å²) in [6.45, 7) is 2.66. The molecule has 1 unspecified atom stereocenters. The summed E-state index contributed by atoms with van der Waals surface area (Å²) in [4.78, 5) is 48.4. The van der Waals surface area contributed by atoms with Gasteiger partial charge in [-0.3, -0.25) is 19.3 Å². The summed E-state index contributed by atoms with van der Waals surface area (Å²) < 4.78 is 13.2. The molecule has 1 atom stereocenters. The molecule has 0 radical (unpaired) electrons. The largest absolute Gasteiger partial charge is 0.356 e. The van der Waals surface area contributed by atoms with E-state index < -0.39 is 11.9 Å². The van der Waals surface area contributed by atoms with E-state index in [1.807, 2.05) is 24.3 Å². The molecule has 7 nitrogen and oxygen atoms in total. The molecular weight excluding hydrogens is 455 g/mol. The lowest BCUT2D eigenvalue weighted by molar-refractivity contribution is -0.122. The van der Waals surface area contributed by atoms with Crippen LogP contribution < -0.4 is 5.32 Å². The van der Waals surface area contributed by atoms with Crippen LogP contribution in [0, 0.1) is 5.82 Å². The number of amidine groups is 2. The van der Waals surface area contributed by atoms with Crippen LogP contribution in [0.25, 0.3) is 0 Å². The van der Waals surface area contributed by atoms with Crippen LogP contribution in [0.2, 0.25) is 0 Å². The van der Waals surface area contributed by atoms with E-state index in [1.54, 1.807) is 4.90 Å². The second-order valence-corrected chi connectivity index (χ2v) is 8.97. The molecule has 4 rings (SSSR count). The summed E-state index contributed by atoms with van der Waals surface area (Å²) >= 11 is 1.20. The van der Waals surface area contributed by atoms with Crippen molar-refractivity contribution in [3.63, 3.8) is 0 Å². The van der Waals surface area contributed by atoms with Crippen LogP contribution >= 0.6 is 11.8 Å². The smallest absolute Gasteiger partial charge is 0.270 e. The highest BCUT2D eigenvalue weighted by atomic mass is 32.2. The molecule has 0 fully saturated rings. The van der Waals surface area contributed by atoms with Crippen molar-refractivity contribution in [1.29, 1.82) is 0 Å². The predicted octanol–water partition coefficient (Wildman–Crippen LogP) is 4.10. The van der Waals surface area contributed by atoms with Gasteiger partial charge < -0.3 is 5.32 Å². The molecule has 2 aliphatic heterocycles. The number of hydrogen-bond donors (Lipinski definition) is 1. The molecule has 2 heterocycles. The Labute approximate surface area is 201 Å². The maximum atomic E-state index is 13.2. The number of benzene rings is 2. The molecule has 2 amide bonds. The van der Waals surface area contributed by atoms with E-state index in [4.69, 9.17) is 4.99 Å². The summed E-state index contributed by atoms with van der Waals surface area (Å²) in [7, 11) is 0. The van der Waals surface area contributed by atoms with E-state index in [9.17, 15) is 18.8 Å². The van der Waals surface area contributed by atoms with Crippen LogP contribution in [0.15, 0.2) is 58.5 Å². The van der Waals surface area contributed by atoms with Crippen LogP contribution in [-0.4, -0.2) is 51.8 Å². The van der Waals surface area contributed by atoms with Gasteiger partial charge in [0, 0.05) is 24.1 Å². The third kappa shape index (κ3) is 5.25. The van der Waals surface area contributed by atoms with E-state index >= 15 is 0 Å². The molecule has 0 bridgehead atoms. The fourth-order valence-corrected chi connectivity index (χ4v) is 4.73. The lowest BCUT2D eigenvalue weighted by Crippen LogP contribution is -2.44. The van der Waals surface area contributed by atoms with Gasteiger partial charge in [0.15, 0.2) is 11.0 Å². The minimum absolute atomic E-state index is 0.0643. The van der Waals surface area contributed by atoms with Gasteiger partial charge in [-0.25, -0.2) is 9.38 Å². The number of carbonyl (C=O) groups is 3. The van der Waals surface area contributed by atoms with Gasteiger partial charge >= 0.3 is 0 Å². The monoisotopic (exact) mass is 480 g/mol. The van der Waals surface area contributed by atoms with Crippen molar-refractivity contribution in [2.24, 2.45) is 9.98 Å². The first kappa shape index (κ1) is 23.8. The van der Waals surface area contributed by atoms with Crippen LogP contribution in [0.3, 0.4) is 0 Å². The van der Waals surface area contributed by atoms with E-state index in [1.165, 1.54) is 36.0 Å². The van der Waals surface area contributed by atoms with Gasteiger partial charge in [-0.05, 0) is 49.2 Å². The Hall–Kier alpha value is -3.33. The molecule has 0 saturated carbocycles. The molecular formula is C25H25FN4O3S. The number of hydrogen-bond acceptors (Lipinski definition) is 6. The maximum Gasteiger partial charge on any atom is 0.270 e. The molecule has 1 N–H and O–H groups in total. The first-order valence-corrected chi connectivity index (χ1v) is 12.2. The number of fused-ring (bicyclic) bond motifs is 3. The number of nitrogens with one attached hydrogen (secondary N) is 1. The molecule has 0 aromatic heterocycles. The van der Waals surface area contributed by atoms with Crippen molar-refractivity contribution in [2.75, 3.05) is 12.3 Å². The van der Waals surface area contributed by atoms with Crippen molar-refractivity contribution in [3.8, 4) is 0 Å². The molecule has 2 aliphatic rings. The van der Waals surface area contributed by atoms with Gasteiger partial charge in [-0.2, -0.15) is 4.99 Å². The number of para-hydroxylation sites is 1. The second kappa shape index (κ2) is 10.7. The number of rotatable bonds is 9. The molecule has 2 aromatic carbocycles. The van der Waals surface area contributed by atoms with Crippen molar-refractivity contribution in [3.05, 3.63) is 65.5 Å². The van der Waals surface area contributed by atoms with E-state index in [0.717, 1.165) is 18.4 Å². The Morgan fingerprint density at radius 2 is 1.88 bits per heavy atom. The first-order chi connectivity index (χ1) is 16.5. The van der Waals surface area contributed by atoms with E-state index in [0.29, 0.717) is 28.8 Å². The quantitative estimate of drug-likeness (QED) is 0.431. The number of amides is 2. The Morgan fingerprint density at radius 1 is 1.12 bits per heavy atom. The minimum atomic E-state index is -0.660.